The summed E-state index contributed by atoms with van der Waals surface area (Å²) in [4.78, 5) is 4.22. The molecule has 106 valence electrons. The first-order valence-corrected chi connectivity index (χ1v) is 7.20. The van der Waals surface area contributed by atoms with Gasteiger partial charge < -0.3 is 15.2 Å². The van der Waals surface area contributed by atoms with Crippen LogP contribution in [0, 0.1) is 0 Å². The number of aliphatic imine (C=N–C) groups is 1. The maximum Gasteiger partial charge on any atom is 0.191 e. The molecule has 0 saturated carbocycles. The number of rotatable bonds is 6. The molecule has 0 atom stereocenters. The first kappa shape index (κ1) is 13.8. The van der Waals surface area contributed by atoms with Gasteiger partial charge in [0.1, 0.15) is 5.82 Å². The van der Waals surface area contributed by atoms with E-state index in [1.165, 1.54) is 25.7 Å². The largest absolute Gasteiger partial charge is 0.356 e. The van der Waals surface area contributed by atoms with Gasteiger partial charge >= 0.3 is 0 Å². The summed E-state index contributed by atoms with van der Waals surface area (Å²) in [6.45, 7) is 4.90. The molecule has 2 heterocycles. The molecule has 2 rings (SSSR count). The molecular formula is C13H24N6. The molecule has 0 spiro atoms. The summed E-state index contributed by atoms with van der Waals surface area (Å²) in [5.74, 6) is 2.96. The molecule has 2 N–H and O–H groups in total. The molecule has 0 radical (unpaired) electrons. The van der Waals surface area contributed by atoms with Crippen molar-refractivity contribution < 1.29 is 0 Å². The Balaban J connectivity index is 1.76. The molecule has 0 unspecified atom stereocenters. The minimum atomic E-state index is 0.681. The van der Waals surface area contributed by atoms with Gasteiger partial charge in [-0.1, -0.05) is 19.8 Å². The standard InChI is InChI=1S/C13H24N6/c1-3-4-5-8-15-13(14-2)16-10-12-18-17-11-7-6-9-19(11)12/h3-10H2,1-2H3,(H2,14,15,16). The van der Waals surface area contributed by atoms with E-state index in [1.807, 2.05) is 0 Å². The zero-order valence-corrected chi connectivity index (χ0v) is 11.9. The summed E-state index contributed by atoms with van der Waals surface area (Å²) in [7, 11) is 1.80. The average Bonchev–Trinajstić information content (AvgIpc) is 3.02. The number of hydrogen-bond donors (Lipinski definition) is 2. The van der Waals surface area contributed by atoms with E-state index < -0.39 is 0 Å². The lowest BCUT2D eigenvalue weighted by molar-refractivity contribution is 0.652. The van der Waals surface area contributed by atoms with Gasteiger partial charge in [0.15, 0.2) is 11.8 Å². The van der Waals surface area contributed by atoms with E-state index >= 15 is 0 Å². The molecule has 6 nitrogen and oxygen atoms in total. The second kappa shape index (κ2) is 7.11. The Bertz CT molecular complexity index is 423. The fourth-order valence-electron chi connectivity index (χ4n) is 2.31. The predicted molar refractivity (Wildman–Crippen MR) is 76.1 cm³/mol. The van der Waals surface area contributed by atoms with Crippen LogP contribution in [0.3, 0.4) is 0 Å². The molecule has 1 aromatic rings. The first-order valence-electron chi connectivity index (χ1n) is 7.20. The molecule has 0 saturated heterocycles. The van der Waals surface area contributed by atoms with Gasteiger partial charge in [-0.3, -0.25) is 4.99 Å². The van der Waals surface area contributed by atoms with E-state index in [0.29, 0.717) is 6.54 Å². The highest BCUT2D eigenvalue weighted by molar-refractivity contribution is 5.79. The van der Waals surface area contributed by atoms with E-state index in [-0.39, 0.29) is 0 Å². The van der Waals surface area contributed by atoms with Gasteiger partial charge in [-0.2, -0.15) is 0 Å². The minimum Gasteiger partial charge on any atom is -0.356 e. The van der Waals surface area contributed by atoms with Gasteiger partial charge in [-0.05, 0) is 12.8 Å². The first-order chi connectivity index (χ1) is 9.35. The summed E-state index contributed by atoms with van der Waals surface area (Å²) >= 11 is 0. The summed E-state index contributed by atoms with van der Waals surface area (Å²) in [6, 6.07) is 0. The van der Waals surface area contributed by atoms with E-state index in [0.717, 1.165) is 37.1 Å². The van der Waals surface area contributed by atoms with Crippen molar-refractivity contribution >= 4 is 5.96 Å². The molecule has 1 aliphatic heterocycles. The van der Waals surface area contributed by atoms with Crippen LogP contribution in [0.15, 0.2) is 4.99 Å². The van der Waals surface area contributed by atoms with Gasteiger partial charge in [0, 0.05) is 26.6 Å². The van der Waals surface area contributed by atoms with Crippen LogP contribution in [-0.2, 0) is 19.5 Å². The smallest absolute Gasteiger partial charge is 0.191 e. The van der Waals surface area contributed by atoms with Crippen molar-refractivity contribution in [2.45, 2.75) is 52.1 Å². The Morgan fingerprint density at radius 3 is 3.00 bits per heavy atom. The number of nitrogens with one attached hydrogen (secondary N) is 2. The molecule has 0 amide bonds. The zero-order chi connectivity index (χ0) is 13.5. The van der Waals surface area contributed by atoms with Crippen molar-refractivity contribution in [2.24, 2.45) is 4.99 Å². The third-order valence-corrected chi connectivity index (χ3v) is 3.40. The summed E-state index contributed by atoms with van der Waals surface area (Å²) in [6.07, 6.45) is 5.90. The van der Waals surface area contributed by atoms with E-state index in [2.05, 4.69) is 37.3 Å². The van der Waals surface area contributed by atoms with Gasteiger partial charge in [0.2, 0.25) is 0 Å². The molecule has 19 heavy (non-hydrogen) atoms. The van der Waals surface area contributed by atoms with Crippen molar-refractivity contribution in [2.75, 3.05) is 13.6 Å². The average molecular weight is 264 g/mol. The predicted octanol–water partition coefficient (Wildman–Crippen LogP) is 1.08. The fourth-order valence-corrected chi connectivity index (χ4v) is 2.31. The Kier molecular flexibility index (Phi) is 5.18. The van der Waals surface area contributed by atoms with Crippen LogP contribution < -0.4 is 10.6 Å². The number of hydrogen-bond acceptors (Lipinski definition) is 3. The number of guanidine groups is 1. The van der Waals surface area contributed by atoms with Crippen molar-refractivity contribution in [3.8, 4) is 0 Å². The Hall–Kier alpha value is -1.59. The number of aryl methyl sites for hydroxylation is 1. The van der Waals surface area contributed by atoms with Crippen molar-refractivity contribution in [3.05, 3.63) is 11.6 Å². The lowest BCUT2D eigenvalue weighted by atomic mass is 10.2. The topological polar surface area (TPSA) is 67.1 Å². The molecule has 1 aliphatic rings. The maximum atomic E-state index is 4.22. The molecule has 0 aliphatic carbocycles. The maximum absolute atomic E-state index is 4.22. The van der Waals surface area contributed by atoms with E-state index in [4.69, 9.17) is 0 Å². The molecule has 0 aromatic carbocycles. The summed E-state index contributed by atoms with van der Waals surface area (Å²) in [5.41, 5.74) is 0. The molecule has 0 bridgehead atoms. The zero-order valence-electron chi connectivity index (χ0n) is 11.9. The van der Waals surface area contributed by atoms with Gasteiger partial charge in [-0.25, -0.2) is 0 Å². The molecular weight excluding hydrogens is 240 g/mol. The van der Waals surface area contributed by atoms with Crippen LogP contribution in [-0.4, -0.2) is 34.3 Å². The Morgan fingerprint density at radius 1 is 1.32 bits per heavy atom. The number of nitrogens with zero attached hydrogens (tertiary/aromatic N) is 4. The molecule has 6 heteroatoms. The van der Waals surface area contributed by atoms with Gasteiger partial charge in [0.05, 0.1) is 6.54 Å². The minimum absolute atomic E-state index is 0.681. The van der Waals surface area contributed by atoms with E-state index in [1.54, 1.807) is 7.05 Å². The van der Waals surface area contributed by atoms with Crippen molar-refractivity contribution in [3.63, 3.8) is 0 Å². The van der Waals surface area contributed by atoms with Crippen molar-refractivity contribution in [1.29, 1.82) is 0 Å². The van der Waals surface area contributed by atoms with Gasteiger partial charge in [0.25, 0.3) is 0 Å². The fraction of sp³-hybridized carbons (Fsp3) is 0.769. The summed E-state index contributed by atoms with van der Waals surface area (Å²) < 4.78 is 2.21. The van der Waals surface area contributed by atoms with Crippen LogP contribution in [0.2, 0.25) is 0 Å². The van der Waals surface area contributed by atoms with Crippen LogP contribution in [0.4, 0.5) is 0 Å². The van der Waals surface area contributed by atoms with Crippen molar-refractivity contribution in [1.82, 2.24) is 25.4 Å². The monoisotopic (exact) mass is 264 g/mol. The lowest BCUT2D eigenvalue weighted by Crippen LogP contribution is -2.37. The quantitative estimate of drug-likeness (QED) is 0.458. The summed E-state index contributed by atoms with van der Waals surface area (Å²) in [5, 5.41) is 15.0. The van der Waals surface area contributed by atoms with E-state index in [9.17, 15) is 0 Å². The third-order valence-electron chi connectivity index (χ3n) is 3.40. The van der Waals surface area contributed by atoms with Crippen LogP contribution >= 0.6 is 0 Å². The molecule has 0 fully saturated rings. The van der Waals surface area contributed by atoms with Gasteiger partial charge in [-0.15, -0.1) is 10.2 Å². The highest BCUT2D eigenvalue weighted by Gasteiger charge is 2.16. The van der Waals surface area contributed by atoms with Crippen LogP contribution in [0.5, 0.6) is 0 Å². The van der Waals surface area contributed by atoms with Crippen LogP contribution in [0.25, 0.3) is 0 Å². The second-order valence-corrected chi connectivity index (χ2v) is 4.85. The molecule has 1 aromatic heterocycles. The highest BCUT2D eigenvalue weighted by Crippen LogP contribution is 2.13. The highest BCUT2D eigenvalue weighted by atomic mass is 15.3. The van der Waals surface area contributed by atoms with Crippen LogP contribution in [0.1, 0.15) is 44.3 Å². The SMILES string of the molecule is CCCCCNC(=NC)NCc1nnc2n1CCC2. The Morgan fingerprint density at radius 2 is 2.21 bits per heavy atom. The normalized spacial score (nSPS) is 14.5. The lowest BCUT2D eigenvalue weighted by Gasteiger charge is -2.11. The number of unbranched alkanes of at least 4 members (excludes halogenated alkanes) is 2. The second-order valence-electron chi connectivity index (χ2n) is 4.85. The Labute approximate surface area is 114 Å². The third kappa shape index (κ3) is 3.68. The number of fused-ring (bicyclic) bond motifs is 1. The number of aromatic nitrogens is 3.